The molecule has 166 valence electrons. The van der Waals surface area contributed by atoms with Gasteiger partial charge in [0, 0.05) is 22.5 Å². The average Bonchev–Trinajstić information content (AvgIpc) is 3.27. The first kappa shape index (κ1) is 22.3. The van der Waals surface area contributed by atoms with Crippen LogP contribution in [-0.4, -0.2) is 28.1 Å². The first-order valence-electron chi connectivity index (χ1n) is 10.5. The number of para-hydroxylation sites is 2. The quantitative estimate of drug-likeness (QED) is 0.418. The van der Waals surface area contributed by atoms with Crippen LogP contribution in [0.2, 0.25) is 5.02 Å². The third kappa shape index (κ3) is 5.13. The van der Waals surface area contributed by atoms with Gasteiger partial charge in [-0.05, 0) is 49.2 Å². The van der Waals surface area contributed by atoms with Crippen LogP contribution in [0.15, 0.2) is 79.0 Å². The van der Waals surface area contributed by atoms with Crippen LogP contribution in [0.5, 0.6) is 0 Å². The molecule has 0 aliphatic carbocycles. The molecule has 7 heteroatoms. The van der Waals surface area contributed by atoms with Gasteiger partial charge in [0.2, 0.25) is 5.91 Å². The van der Waals surface area contributed by atoms with Gasteiger partial charge in [0.15, 0.2) is 0 Å². The molecule has 0 aliphatic heterocycles. The Kier molecular flexibility index (Phi) is 6.56. The third-order valence-electron chi connectivity index (χ3n) is 5.25. The van der Waals surface area contributed by atoms with Gasteiger partial charge in [0.25, 0.3) is 5.91 Å². The molecule has 0 aliphatic rings. The fraction of sp³-hybridized carbons (Fsp3) is 0.115. The van der Waals surface area contributed by atoms with Crippen LogP contribution in [0.1, 0.15) is 21.5 Å². The number of rotatable bonds is 6. The number of anilines is 1. The molecule has 33 heavy (non-hydrogen) atoms. The van der Waals surface area contributed by atoms with Crippen LogP contribution < -0.4 is 10.6 Å². The highest BCUT2D eigenvalue weighted by molar-refractivity contribution is 6.30. The van der Waals surface area contributed by atoms with E-state index in [1.807, 2.05) is 74.5 Å². The molecule has 2 amide bonds. The predicted molar refractivity (Wildman–Crippen MR) is 131 cm³/mol. The predicted octanol–water partition coefficient (Wildman–Crippen LogP) is 5.18. The van der Waals surface area contributed by atoms with Crippen LogP contribution >= 0.6 is 11.6 Å². The van der Waals surface area contributed by atoms with Gasteiger partial charge in [0.1, 0.15) is 5.69 Å². The molecule has 0 saturated carbocycles. The summed E-state index contributed by atoms with van der Waals surface area (Å²) in [6.07, 6.45) is 1.66. The lowest BCUT2D eigenvalue weighted by atomic mass is 10.1. The Bertz CT molecular complexity index is 1280. The molecule has 2 N–H and O–H groups in total. The van der Waals surface area contributed by atoms with Crippen LogP contribution in [0, 0.1) is 13.8 Å². The molecule has 0 unspecified atom stereocenters. The molecular weight excluding hydrogens is 436 g/mol. The van der Waals surface area contributed by atoms with Crippen molar-refractivity contribution in [2.24, 2.45) is 0 Å². The molecular formula is C26H23ClN4O2. The molecule has 4 aromatic rings. The molecule has 0 fully saturated rings. The van der Waals surface area contributed by atoms with Crippen molar-refractivity contribution >= 4 is 29.1 Å². The largest absolute Gasteiger partial charge is 0.343 e. The van der Waals surface area contributed by atoms with Crippen molar-refractivity contribution in [3.8, 4) is 16.9 Å². The lowest BCUT2D eigenvalue weighted by Crippen LogP contribution is -2.33. The minimum Gasteiger partial charge on any atom is -0.343 e. The average molecular weight is 459 g/mol. The zero-order valence-corrected chi connectivity index (χ0v) is 19.1. The molecule has 0 spiro atoms. The monoisotopic (exact) mass is 458 g/mol. The number of benzene rings is 3. The second-order valence-electron chi connectivity index (χ2n) is 7.68. The summed E-state index contributed by atoms with van der Waals surface area (Å²) in [7, 11) is 0. The summed E-state index contributed by atoms with van der Waals surface area (Å²) in [5.74, 6) is -0.692. The minimum atomic E-state index is -0.390. The highest BCUT2D eigenvalue weighted by Gasteiger charge is 2.19. The molecule has 6 nitrogen and oxygen atoms in total. The van der Waals surface area contributed by atoms with Gasteiger partial charge in [-0.3, -0.25) is 9.59 Å². The summed E-state index contributed by atoms with van der Waals surface area (Å²) in [6, 6.07) is 22.4. The number of hydrogen-bond donors (Lipinski definition) is 2. The number of hydrogen-bond acceptors (Lipinski definition) is 3. The Labute approximate surface area is 197 Å². The molecule has 0 saturated heterocycles. The van der Waals surface area contributed by atoms with Crippen LogP contribution in [0.3, 0.4) is 0 Å². The van der Waals surface area contributed by atoms with Crippen molar-refractivity contribution in [2.45, 2.75) is 13.8 Å². The molecule has 4 rings (SSSR count). The number of amides is 2. The van der Waals surface area contributed by atoms with Crippen LogP contribution in [0.4, 0.5) is 5.69 Å². The fourth-order valence-electron chi connectivity index (χ4n) is 3.53. The van der Waals surface area contributed by atoms with Gasteiger partial charge in [0.05, 0.1) is 17.8 Å². The van der Waals surface area contributed by atoms with Crippen molar-refractivity contribution in [3.05, 3.63) is 101 Å². The Morgan fingerprint density at radius 3 is 2.24 bits per heavy atom. The molecule has 3 aromatic carbocycles. The molecule has 1 heterocycles. The van der Waals surface area contributed by atoms with E-state index in [0.717, 1.165) is 28.1 Å². The van der Waals surface area contributed by atoms with E-state index in [2.05, 4.69) is 15.7 Å². The topological polar surface area (TPSA) is 76.0 Å². The zero-order valence-electron chi connectivity index (χ0n) is 18.3. The number of aryl methyl sites for hydroxylation is 2. The number of halogens is 1. The van der Waals surface area contributed by atoms with Gasteiger partial charge >= 0.3 is 0 Å². The standard InChI is InChI=1S/C26H23ClN4O2/c1-17-7-6-8-18(2)24(17)29-23(32)15-28-26(33)22-16-31(21-9-4-3-5-10-21)30-25(22)19-11-13-20(27)14-12-19/h3-14,16H,15H2,1-2H3,(H,28,33)(H,29,32). The lowest BCUT2D eigenvalue weighted by molar-refractivity contribution is -0.115. The van der Waals surface area contributed by atoms with E-state index in [1.54, 1.807) is 23.0 Å². The van der Waals surface area contributed by atoms with E-state index >= 15 is 0 Å². The lowest BCUT2D eigenvalue weighted by Gasteiger charge is -2.12. The minimum absolute atomic E-state index is 0.164. The summed E-state index contributed by atoms with van der Waals surface area (Å²) < 4.78 is 1.65. The van der Waals surface area contributed by atoms with Crippen LogP contribution in [0.25, 0.3) is 16.9 Å². The van der Waals surface area contributed by atoms with E-state index in [-0.39, 0.29) is 12.5 Å². The first-order chi connectivity index (χ1) is 15.9. The molecule has 0 radical (unpaired) electrons. The SMILES string of the molecule is Cc1cccc(C)c1NC(=O)CNC(=O)c1cn(-c2ccccc2)nc1-c1ccc(Cl)cc1. The Morgan fingerprint density at radius 2 is 1.58 bits per heavy atom. The number of aromatic nitrogens is 2. The number of carbonyl (C=O) groups excluding carboxylic acids is 2. The maximum absolute atomic E-state index is 13.1. The second kappa shape index (κ2) is 9.71. The van der Waals surface area contributed by atoms with Gasteiger partial charge < -0.3 is 10.6 Å². The Morgan fingerprint density at radius 1 is 0.909 bits per heavy atom. The third-order valence-corrected chi connectivity index (χ3v) is 5.50. The number of nitrogens with zero attached hydrogens (tertiary/aromatic N) is 2. The van der Waals surface area contributed by atoms with E-state index in [0.29, 0.717) is 16.3 Å². The maximum atomic E-state index is 13.1. The van der Waals surface area contributed by atoms with E-state index in [1.165, 1.54) is 0 Å². The Hall–Kier alpha value is -3.90. The highest BCUT2D eigenvalue weighted by Crippen LogP contribution is 2.25. The number of nitrogens with one attached hydrogen (secondary N) is 2. The fourth-order valence-corrected chi connectivity index (χ4v) is 3.65. The van der Waals surface area contributed by atoms with Gasteiger partial charge in [-0.25, -0.2) is 4.68 Å². The van der Waals surface area contributed by atoms with Crippen molar-refractivity contribution in [1.29, 1.82) is 0 Å². The van der Waals surface area contributed by atoms with Gasteiger partial charge in [-0.1, -0.05) is 60.1 Å². The van der Waals surface area contributed by atoms with Crippen LogP contribution in [-0.2, 0) is 4.79 Å². The normalized spacial score (nSPS) is 10.6. The van der Waals surface area contributed by atoms with Crippen molar-refractivity contribution in [3.63, 3.8) is 0 Å². The summed E-state index contributed by atoms with van der Waals surface area (Å²) >= 11 is 6.03. The van der Waals surface area contributed by atoms with Gasteiger partial charge in [-0.2, -0.15) is 5.10 Å². The van der Waals surface area contributed by atoms with E-state index in [4.69, 9.17) is 11.6 Å². The summed E-state index contributed by atoms with van der Waals surface area (Å²) in [6.45, 7) is 3.69. The molecule has 0 bridgehead atoms. The smallest absolute Gasteiger partial charge is 0.255 e. The summed E-state index contributed by atoms with van der Waals surface area (Å²) in [4.78, 5) is 25.6. The maximum Gasteiger partial charge on any atom is 0.255 e. The van der Waals surface area contributed by atoms with E-state index < -0.39 is 5.91 Å². The summed E-state index contributed by atoms with van der Waals surface area (Å²) in [5.41, 5.74) is 5.12. The molecule has 1 aromatic heterocycles. The second-order valence-corrected chi connectivity index (χ2v) is 8.11. The van der Waals surface area contributed by atoms with Gasteiger partial charge in [-0.15, -0.1) is 0 Å². The summed E-state index contributed by atoms with van der Waals surface area (Å²) in [5, 5.41) is 10.8. The Balaban J connectivity index is 1.56. The zero-order chi connectivity index (χ0) is 23.4. The van der Waals surface area contributed by atoms with Crippen molar-refractivity contribution in [2.75, 3.05) is 11.9 Å². The van der Waals surface area contributed by atoms with E-state index in [9.17, 15) is 9.59 Å². The van der Waals surface area contributed by atoms with Crippen molar-refractivity contribution in [1.82, 2.24) is 15.1 Å². The molecule has 0 atom stereocenters. The van der Waals surface area contributed by atoms with Crippen molar-refractivity contribution < 1.29 is 9.59 Å². The highest BCUT2D eigenvalue weighted by atomic mass is 35.5. The number of carbonyl (C=O) groups is 2. The first-order valence-corrected chi connectivity index (χ1v) is 10.9.